The first-order valence-corrected chi connectivity index (χ1v) is 7.56. The van der Waals surface area contributed by atoms with E-state index in [1.807, 2.05) is 42.6 Å². The van der Waals surface area contributed by atoms with Crippen molar-refractivity contribution in [1.29, 1.82) is 0 Å². The number of carbonyl (C=O) groups excluding carboxylic acids is 1. The number of halogens is 1. The van der Waals surface area contributed by atoms with Gasteiger partial charge in [0.25, 0.3) is 0 Å². The lowest BCUT2D eigenvalue weighted by Gasteiger charge is -2.06. The number of ether oxygens (including phenoxy) is 1. The molecule has 2 aromatic carbocycles. The van der Waals surface area contributed by atoms with Gasteiger partial charge in [-0.2, -0.15) is 0 Å². The molecule has 0 saturated heterocycles. The lowest BCUT2D eigenvalue weighted by atomic mass is 10.1. The molecule has 3 nitrogen and oxygen atoms in total. The molecule has 0 N–H and O–H groups in total. The number of hydrogen-bond donors (Lipinski definition) is 0. The van der Waals surface area contributed by atoms with Crippen LogP contribution in [0.25, 0.3) is 10.9 Å². The summed E-state index contributed by atoms with van der Waals surface area (Å²) < 4.78 is 7.34. The first kappa shape index (κ1) is 14.7. The van der Waals surface area contributed by atoms with Crippen LogP contribution in [0.4, 0.5) is 0 Å². The SMILES string of the molecule is COc1ccc2c(c1)c(C(=O)CCl)cn2Cc1ccccc1. The van der Waals surface area contributed by atoms with Crippen LogP contribution in [-0.4, -0.2) is 23.3 Å². The molecule has 0 saturated carbocycles. The van der Waals surface area contributed by atoms with Gasteiger partial charge in [-0.1, -0.05) is 30.3 Å². The molecule has 0 unspecified atom stereocenters. The third-order valence-corrected chi connectivity index (χ3v) is 3.95. The Balaban J connectivity index is 2.12. The van der Waals surface area contributed by atoms with Gasteiger partial charge in [0.1, 0.15) is 5.75 Å². The van der Waals surface area contributed by atoms with Crippen molar-refractivity contribution in [3.8, 4) is 5.75 Å². The van der Waals surface area contributed by atoms with E-state index in [1.165, 1.54) is 5.56 Å². The molecule has 112 valence electrons. The molecule has 0 atom stereocenters. The second kappa shape index (κ2) is 6.24. The molecule has 4 heteroatoms. The topological polar surface area (TPSA) is 31.2 Å². The molecule has 22 heavy (non-hydrogen) atoms. The second-order valence-electron chi connectivity index (χ2n) is 5.10. The largest absolute Gasteiger partial charge is 0.497 e. The second-order valence-corrected chi connectivity index (χ2v) is 5.36. The van der Waals surface area contributed by atoms with Crippen LogP contribution in [0.15, 0.2) is 54.7 Å². The zero-order chi connectivity index (χ0) is 15.5. The number of methoxy groups -OCH3 is 1. The van der Waals surface area contributed by atoms with E-state index in [0.717, 1.165) is 16.7 Å². The van der Waals surface area contributed by atoms with Gasteiger partial charge in [0.05, 0.1) is 13.0 Å². The minimum atomic E-state index is -0.0771. The Morgan fingerprint density at radius 1 is 1.18 bits per heavy atom. The standard InChI is InChI=1S/C18H16ClNO2/c1-22-14-7-8-17-15(9-14)16(18(21)10-19)12-20(17)11-13-5-3-2-4-6-13/h2-9,12H,10-11H2,1H3. The fourth-order valence-electron chi connectivity index (χ4n) is 2.61. The van der Waals surface area contributed by atoms with Crippen molar-refractivity contribution >= 4 is 28.3 Å². The molecule has 3 rings (SSSR count). The number of alkyl halides is 1. The van der Waals surface area contributed by atoms with Crippen LogP contribution in [-0.2, 0) is 6.54 Å². The van der Waals surface area contributed by atoms with Gasteiger partial charge in [-0.3, -0.25) is 4.79 Å². The van der Waals surface area contributed by atoms with Gasteiger partial charge in [-0.15, -0.1) is 11.6 Å². The summed E-state index contributed by atoms with van der Waals surface area (Å²) >= 11 is 5.74. The molecule has 0 radical (unpaired) electrons. The summed E-state index contributed by atoms with van der Waals surface area (Å²) in [5.74, 6) is 0.627. The van der Waals surface area contributed by atoms with Gasteiger partial charge in [0, 0.05) is 29.2 Å². The van der Waals surface area contributed by atoms with Crippen LogP contribution >= 0.6 is 11.6 Å². The summed E-state index contributed by atoms with van der Waals surface area (Å²) in [5, 5.41) is 0.876. The van der Waals surface area contributed by atoms with E-state index in [0.29, 0.717) is 12.1 Å². The molecule has 0 aliphatic carbocycles. The average molecular weight is 314 g/mol. The number of ketones is 1. The molecule has 0 bridgehead atoms. The van der Waals surface area contributed by atoms with E-state index >= 15 is 0 Å². The van der Waals surface area contributed by atoms with Crippen LogP contribution in [0.5, 0.6) is 5.75 Å². The van der Waals surface area contributed by atoms with Crippen LogP contribution in [0.3, 0.4) is 0 Å². The van der Waals surface area contributed by atoms with Gasteiger partial charge < -0.3 is 9.30 Å². The number of fused-ring (bicyclic) bond motifs is 1. The fourth-order valence-corrected chi connectivity index (χ4v) is 2.75. The van der Waals surface area contributed by atoms with E-state index in [1.54, 1.807) is 7.11 Å². The molecular formula is C18H16ClNO2. The van der Waals surface area contributed by atoms with Crippen LogP contribution in [0, 0.1) is 0 Å². The number of aromatic nitrogens is 1. The van der Waals surface area contributed by atoms with E-state index in [2.05, 4.69) is 16.7 Å². The summed E-state index contributed by atoms with van der Waals surface area (Å²) in [6.07, 6.45) is 1.88. The van der Waals surface area contributed by atoms with Crippen molar-refractivity contribution < 1.29 is 9.53 Å². The maximum atomic E-state index is 12.1. The zero-order valence-corrected chi connectivity index (χ0v) is 13.0. The molecular weight excluding hydrogens is 298 g/mol. The fraction of sp³-hybridized carbons (Fsp3) is 0.167. The zero-order valence-electron chi connectivity index (χ0n) is 12.3. The average Bonchev–Trinajstić information content (AvgIpc) is 2.93. The highest BCUT2D eigenvalue weighted by atomic mass is 35.5. The number of rotatable bonds is 5. The molecule has 0 amide bonds. The number of nitrogens with zero attached hydrogens (tertiary/aromatic N) is 1. The lowest BCUT2D eigenvalue weighted by molar-refractivity contribution is 0.102. The first-order chi connectivity index (χ1) is 10.7. The molecule has 1 aromatic heterocycles. The Hall–Kier alpha value is -2.26. The van der Waals surface area contributed by atoms with Gasteiger partial charge in [-0.25, -0.2) is 0 Å². The smallest absolute Gasteiger partial charge is 0.179 e. The predicted molar refractivity (Wildman–Crippen MR) is 89.1 cm³/mol. The highest BCUT2D eigenvalue weighted by Crippen LogP contribution is 2.27. The third-order valence-electron chi connectivity index (χ3n) is 3.71. The Morgan fingerprint density at radius 2 is 1.95 bits per heavy atom. The van der Waals surface area contributed by atoms with Crippen molar-refractivity contribution in [3.63, 3.8) is 0 Å². The van der Waals surface area contributed by atoms with Crippen LogP contribution in [0.1, 0.15) is 15.9 Å². The Kier molecular flexibility index (Phi) is 4.16. The van der Waals surface area contributed by atoms with Gasteiger partial charge in [0.2, 0.25) is 0 Å². The number of benzene rings is 2. The van der Waals surface area contributed by atoms with Crippen LogP contribution in [0.2, 0.25) is 0 Å². The summed E-state index contributed by atoms with van der Waals surface area (Å²) in [5.41, 5.74) is 2.82. The van der Waals surface area contributed by atoms with Crippen LogP contribution < -0.4 is 4.74 Å². The third kappa shape index (κ3) is 2.72. The molecule has 3 aromatic rings. The van der Waals surface area contributed by atoms with Crippen molar-refractivity contribution in [2.45, 2.75) is 6.54 Å². The van der Waals surface area contributed by atoms with Gasteiger partial charge >= 0.3 is 0 Å². The minimum Gasteiger partial charge on any atom is -0.497 e. The number of Topliss-reactive ketones (excluding diaryl/α,β-unsaturated/α-hetero) is 1. The Labute approximate surface area is 134 Å². The molecule has 1 heterocycles. The molecule has 0 aliphatic heterocycles. The molecule has 0 spiro atoms. The summed E-state index contributed by atoms with van der Waals surface area (Å²) in [7, 11) is 1.62. The van der Waals surface area contributed by atoms with Crippen molar-refractivity contribution in [2.75, 3.05) is 13.0 Å². The monoisotopic (exact) mass is 313 g/mol. The lowest BCUT2D eigenvalue weighted by Crippen LogP contribution is -2.00. The van der Waals surface area contributed by atoms with Crippen molar-refractivity contribution in [2.24, 2.45) is 0 Å². The molecule has 0 aliphatic rings. The quantitative estimate of drug-likeness (QED) is 0.524. The van der Waals surface area contributed by atoms with E-state index in [9.17, 15) is 4.79 Å². The van der Waals surface area contributed by atoms with Gasteiger partial charge in [0.15, 0.2) is 5.78 Å². The summed E-state index contributed by atoms with van der Waals surface area (Å²) in [6, 6.07) is 15.9. The first-order valence-electron chi connectivity index (χ1n) is 7.03. The number of carbonyl (C=O) groups is 1. The van der Waals surface area contributed by atoms with E-state index in [-0.39, 0.29) is 11.7 Å². The Morgan fingerprint density at radius 3 is 2.64 bits per heavy atom. The Bertz CT molecular complexity index is 809. The molecule has 0 fully saturated rings. The minimum absolute atomic E-state index is 0.0261. The van der Waals surface area contributed by atoms with Crippen molar-refractivity contribution in [1.82, 2.24) is 4.57 Å². The van der Waals surface area contributed by atoms with E-state index in [4.69, 9.17) is 16.3 Å². The van der Waals surface area contributed by atoms with E-state index < -0.39 is 0 Å². The number of hydrogen-bond acceptors (Lipinski definition) is 2. The maximum Gasteiger partial charge on any atom is 0.179 e. The highest BCUT2D eigenvalue weighted by Gasteiger charge is 2.15. The highest BCUT2D eigenvalue weighted by molar-refractivity contribution is 6.32. The maximum absolute atomic E-state index is 12.1. The van der Waals surface area contributed by atoms with Gasteiger partial charge in [-0.05, 0) is 23.8 Å². The summed E-state index contributed by atoms with van der Waals surface area (Å²) in [6.45, 7) is 0.708. The normalized spacial score (nSPS) is 10.8. The summed E-state index contributed by atoms with van der Waals surface area (Å²) in [4.78, 5) is 12.1. The van der Waals surface area contributed by atoms with Crippen molar-refractivity contribution in [3.05, 3.63) is 65.9 Å². The predicted octanol–water partition coefficient (Wildman–Crippen LogP) is 4.12.